The molecule has 1 N–H and O–H groups in total. The number of hydrogen-bond acceptors (Lipinski definition) is 6. The van der Waals surface area contributed by atoms with Crippen molar-refractivity contribution in [1.29, 1.82) is 0 Å². The van der Waals surface area contributed by atoms with Crippen molar-refractivity contribution in [2.45, 2.75) is 0 Å². The van der Waals surface area contributed by atoms with Crippen LogP contribution in [0.3, 0.4) is 0 Å². The molecule has 0 radical (unpaired) electrons. The highest BCUT2D eigenvalue weighted by Crippen LogP contribution is 2.29. The molecule has 7 heteroatoms. The van der Waals surface area contributed by atoms with E-state index in [2.05, 4.69) is 22.0 Å². The Kier molecular flexibility index (Phi) is 5.75. The average molecular weight is 384 g/mol. The van der Waals surface area contributed by atoms with Gasteiger partial charge in [0.2, 0.25) is 0 Å². The van der Waals surface area contributed by atoms with Gasteiger partial charge in [-0.2, -0.15) is 0 Å². The number of aliphatic hydroxyl groups is 1. The van der Waals surface area contributed by atoms with Gasteiger partial charge in [-0.25, -0.2) is 0 Å². The molecule has 0 aliphatic carbocycles. The number of hydrogen-bond donors (Lipinski definition) is 1. The average Bonchev–Trinajstić information content (AvgIpc) is 3.37. The molecule has 2 fully saturated rings. The molecule has 4 rings (SSSR count). The molecular weight excluding hydrogens is 356 g/mol. The summed E-state index contributed by atoms with van der Waals surface area (Å²) in [5.41, 5.74) is 1.93. The smallest absolute Gasteiger partial charge is 0.259 e. The van der Waals surface area contributed by atoms with E-state index in [1.807, 2.05) is 35.2 Å². The Labute approximate surface area is 165 Å². The van der Waals surface area contributed by atoms with Gasteiger partial charge in [0.15, 0.2) is 0 Å². The number of piperazine rings is 1. The number of amides is 1. The molecule has 1 amide bonds. The first kappa shape index (κ1) is 19.1. The zero-order valence-electron chi connectivity index (χ0n) is 16.3. The van der Waals surface area contributed by atoms with Crippen molar-refractivity contribution < 1.29 is 14.4 Å². The number of nitrogens with zero attached hydrogens (tertiary/aromatic N) is 4. The van der Waals surface area contributed by atoms with Crippen LogP contribution in [0.15, 0.2) is 41.1 Å². The second kappa shape index (κ2) is 8.43. The highest BCUT2D eigenvalue weighted by molar-refractivity contribution is 5.99. The topological polar surface area (TPSA) is 73.0 Å². The summed E-state index contributed by atoms with van der Waals surface area (Å²) in [6.07, 6.45) is 1.44. The Hall–Kier alpha value is -2.22. The van der Waals surface area contributed by atoms with Gasteiger partial charge < -0.3 is 24.3 Å². The molecule has 0 unspecified atom stereocenters. The van der Waals surface area contributed by atoms with Crippen LogP contribution in [0, 0.1) is 11.8 Å². The van der Waals surface area contributed by atoms with E-state index < -0.39 is 0 Å². The second-order valence-electron chi connectivity index (χ2n) is 7.96. The Morgan fingerprint density at radius 3 is 2.57 bits per heavy atom. The molecule has 3 heterocycles. The predicted octanol–water partition coefficient (Wildman–Crippen LogP) is 1.27. The van der Waals surface area contributed by atoms with E-state index in [0.29, 0.717) is 24.3 Å². The maximum Gasteiger partial charge on any atom is 0.259 e. The summed E-state index contributed by atoms with van der Waals surface area (Å²) >= 11 is 0. The summed E-state index contributed by atoms with van der Waals surface area (Å²) in [6, 6.07) is 9.61. The van der Waals surface area contributed by atoms with E-state index in [4.69, 9.17) is 4.52 Å². The van der Waals surface area contributed by atoms with E-state index in [1.54, 1.807) is 0 Å². The Balaban J connectivity index is 1.45. The molecule has 7 nitrogen and oxygen atoms in total. The van der Waals surface area contributed by atoms with E-state index in [1.165, 1.54) is 6.26 Å². The quantitative estimate of drug-likeness (QED) is 0.837. The van der Waals surface area contributed by atoms with Crippen molar-refractivity contribution in [2.75, 3.05) is 59.5 Å². The van der Waals surface area contributed by atoms with Gasteiger partial charge in [-0.3, -0.25) is 4.79 Å². The zero-order valence-corrected chi connectivity index (χ0v) is 16.3. The van der Waals surface area contributed by atoms with Crippen LogP contribution in [0.2, 0.25) is 0 Å². The number of likely N-dealkylation sites (N-methyl/N-ethyl adjacent to an activating group) is 1. The van der Waals surface area contributed by atoms with Gasteiger partial charge in [0.05, 0.1) is 0 Å². The van der Waals surface area contributed by atoms with Crippen molar-refractivity contribution in [1.82, 2.24) is 19.9 Å². The van der Waals surface area contributed by atoms with Gasteiger partial charge in [-0.05, 0) is 13.0 Å². The van der Waals surface area contributed by atoms with Crippen molar-refractivity contribution in [2.24, 2.45) is 11.8 Å². The predicted molar refractivity (Wildman–Crippen MR) is 106 cm³/mol. The monoisotopic (exact) mass is 384 g/mol. The first-order valence-corrected chi connectivity index (χ1v) is 9.96. The third kappa shape index (κ3) is 3.97. The Morgan fingerprint density at radius 2 is 1.86 bits per heavy atom. The molecule has 0 saturated carbocycles. The maximum atomic E-state index is 13.2. The lowest BCUT2D eigenvalue weighted by molar-refractivity contribution is 0.0777. The summed E-state index contributed by atoms with van der Waals surface area (Å²) in [5.74, 6) is 0.334. The van der Waals surface area contributed by atoms with E-state index in [-0.39, 0.29) is 24.3 Å². The maximum absolute atomic E-state index is 13.2. The van der Waals surface area contributed by atoms with Crippen molar-refractivity contribution in [3.8, 4) is 11.3 Å². The van der Waals surface area contributed by atoms with Crippen LogP contribution in [0.4, 0.5) is 0 Å². The van der Waals surface area contributed by atoms with Crippen molar-refractivity contribution in [3.05, 3.63) is 42.2 Å². The summed E-state index contributed by atoms with van der Waals surface area (Å²) in [7, 11) is 2.15. The molecule has 2 saturated heterocycles. The molecular formula is C21H28N4O3. The Morgan fingerprint density at radius 1 is 1.14 bits per heavy atom. The van der Waals surface area contributed by atoms with Gasteiger partial charge in [0.1, 0.15) is 17.5 Å². The van der Waals surface area contributed by atoms with E-state index in [9.17, 15) is 9.90 Å². The van der Waals surface area contributed by atoms with Gasteiger partial charge in [-0.1, -0.05) is 35.5 Å². The Bertz CT molecular complexity index is 786. The molecule has 2 aromatic rings. The first-order valence-electron chi connectivity index (χ1n) is 9.96. The number of carbonyl (C=O) groups is 1. The standard InChI is InChI=1S/C21H28N4O3/c1-23-7-9-24(10-8-23)11-17-12-25(13-18(17)14-26)21(27)19-15-28-22-20(19)16-5-3-2-4-6-16/h2-6,15,17-18,26H,7-14H2,1H3/t17-,18-/m1/s1. The lowest BCUT2D eigenvalue weighted by Crippen LogP contribution is -2.47. The van der Waals surface area contributed by atoms with Crippen molar-refractivity contribution in [3.63, 3.8) is 0 Å². The van der Waals surface area contributed by atoms with Gasteiger partial charge >= 0.3 is 0 Å². The summed E-state index contributed by atoms with van der Waals surface area (Å²) in [5, 5.41) is 13.9. The minimum atomic E-state index is -0.0700. The van der Waals surface area contributed by atoms with Crippen LogP contribution in [-0.4, -0.2) is 90.3 Å². The molecule has 1 aromatic carbocycles. The fraction of sp³-hybridized carbons (Fsp3) is 0.524. The largest absolute Gasteiger partial charge is 0.396 e. The zero-order chi connectivity index (χ0) is 19.5. The SMILES string of the molecule is CN1CCN(C[C@@H]2CN(C(=O)c3conc3-c3ccccc3)C[C@@H]2CO)CC1. The highest BCUT2D eigenvalue weighted by Gasteiger charge is 2.37. The summed E-state index contributed by atoms with van der Waals surface area (Å²) in [6.45, 7) is 6.50. The van der Waals surface area contributed by atoms with Crippen LogP contribution >= 0.6 is 0 Å². The molecule has 0 bridgehead atoms. The molecule has 2 aliphatic heterocycles. The molecule has 0 spiro atoms. The van der Waals surface area contributed by atoms with Crippen LogP contribution in [0.25, 0.3) is 11.3 Å². The lowest BCUT2D eigenvalue weighted by Gasteiger charge is -2.34. The van der Waals surface area contributed by atoms with Gasteiger partial charge in [-0.15, -0.1) is 0 Å². The number of rotatable bonds is 5. The summed E-state index contributed by atoms with van der Waals surface area (Å²) < 4.78 is 5.13. The number of aromatic nitrogens is 1. The van der Waals surface area contributed by atoms with Gasteiger partial charge in [0, 0.05) is 63.9 Å². The van der Waals surface area contributed by atoms with Crippen LogP contribution in [0.1, 0.15) is 10.4 Å². The third-order valence-corrected chi connectivity index (χ3v) is 6.03. The first-order chi connectivity index (χ1) is 13.7. The fourth-order valence-electron chi connectivity index (χ4n) is 4.24. The van der Waals surface area contributed by atoms with Crippen molar-refractivity contribution >= 4 is 5.91 Å². The second-order valence-corrected chi connectivity index (χ2v) is 7.96. The number of benzene rings is 1. The molecule has 150 valence electrons. The van der Waals surface area contributed by atoms with Crippen LogP contribution < -0.4 is 0 Å². The number of carbonyl (C=O) groups excluding carboxylic acids is 1. The molecule has 1 aromatic heterocycles. The molecule has 2 atom stereocenters. The minimum absolute atomic E-state index is 0.0700. The normalized spacial score (nSPS) is 24.0. The minimum Gasteiger partial charge on any atom is -0.396 e. The number of aliphatic hydroxyl groups excluding tert-OH is 1. The van der Waals surface area contributed by atoms with E-state index >= 15 is 0 Å². The summed E-state index contributed by atoms with van der Waals surface area (Å²) in [4.78, 5) is 19.8. The third-order valence-electron chi connectivity index (χ3n) is 6.03. The van der Waals surface area contributed by atoms with Gasteiger partial charge in [0.25, 0.3) is 5.91 Å². The molecule has 2 aliphatic rings. The highest BCUT2D eigenvalue weighted by atomic mass is 16.5. The van der Waals surface area contributed by atoms with Crippen LogP contribution in [0.5, 0.6) is 0 Å². The number of likely N-dealkylation sites (tertiary alicyclic amines) is 1. The van der Waals surface area contributed by atoms with E-state index in [0.717, 1.165) is 38.3 Å². The molecule has 28 heavy (non-hydrogen) atoms. The fourth-order valence-corrected chi connectivity index (χ4v) is 4.24. The lowest BCUT2D eigenvalue weighted by atomic mass is 9.96. The van der Waals surface area contributed by atoms with Crippen LogP contribution in [-0.2, 0) is 0 Å².